The molecule has 1 fully saturated rings. The number of carbonyl (C=O) groups is 1. The number of likely N-dealkylation sites (N-methyl/N-ethyl adjacent to an activating group) is 1. The lowest BCUT2D eigenvalue weighted by Gasteiger charge is -2.41. The van der Waals surface area contributed by atoms with Crippen molar-refractivity contribution in [2.24, 2.45) is 5.73 Å². The van der Waals surface area contributed by atoms with Crippen LogP contribution in [0.5, 0.6) is 0 Å². The molecule has 0 bridgehead atoms. The van der Waals surface area contributed by atoms with E-state index in [1.807, 2.05) is 27.9 Å². The van der Waals surface area contributed by atoms with Crippen molar-refractivity contribution in [1.29, 1.82) is 0 Å². The Morgan fingerprint density at radius 2 is 1.71 bits per heavy atom. The molecule has 1 heterocycles. The first-order chi connectivity index (χ1) is 9.84. The molecule has 0 unspecified atom stereocenters. The number of amides is 1. The van der Waals surface area contributed by atoms with Crippen molar-refractivity contribution >= 4 is 5.91 Å². The van der Waals surface area contributed by atoms with Crippen LogP contribution < -0.4 is 5.73 Å². The summed E-state index contributed by atoms with van der Waals surface area (Å²) in [6, 6.07) is 0.342. The average Bonchev–Trinajstić information content (AvgIpc) is 2.47. The number of hydrogen-bond acceptors (Lipinski definition) is 4. The Bertz CT molecular complexity index is 320. The summed E-state index contributed by atoms with van der Waals surface area (Å²) in [4.78, 5) is 19.5. The monoisotopic (exact) mass is 298 g/mol. The van der Waals surface area contributed by atoms with Crippen molar-refractivity contribution < 1.29 is 4.79 Å². The molecule has 0 aromatic rings. The second-order valence-electron chi connectivity index (χ2n) is 6.70. The summed E-state index contributed by atoms with van der Waals surface area (Å²) in [5, 5.41) is 0. The third kappa shape index (κ3) is 4.94. The molecule has 1 aliphatic heterocycles. The fourth-order valence-corrected chi connectivity index (χ4v) is 2.90. The minimum Gasteiger partial charge on any atom is -0.337 e. The van der Waals surface area contributed by atoms with E-state index in [4.69, 9.17) is 5.73 Å². The van der Waals surface area contributed by atoms with Gasteiger partial charge in [-0.2, -0.15) is 0 Å². The Kier molecular flexibility index (Phi) is 7.10. The third-order valence-corrected chi connectivity index (χ3v) is 4.87. The van der Waals surface area contributed by atoms with Gasteiger partial charge in [0.05, 0.1) is 5.54 Å². The zero-order chi connectivity index (χ0) is 16.0. The fraction of sp³-hybridized carbons (Fsp3) is 0.938. The highest BCUT2D eigenvalue weighted by Crippen LogP contribution is 2.22. The smallest absolute Gasteiger partial charge is 0.242 e. The highest BCUT2D eigenvalue weighted by Gasteiger charge is 2.37. The molecule has 1 aliphatic rings. The molecule has 0 aromatic carbocycles. The molecule has 0 atom stereocenters. The molecule has 5 heteroatoms. The maximum absolute atomic E-state index is 13.0. The molecule has 1 saturated heterocycles. The summed E-state index contributed by atoms with van der Waals surface area (Å²) >= 11 is 0. The molecule has 5 nitrogen and oxygen atoms in total. The second-order valence-corrected chi connectivity index (χ2v) is 6.70. The molecule has 0 saturated carbocycles. The van der Waals surface area contributed by atoms with E-state index >= 15 is 0 Å². The number of rotatable bonds is 7. The van der Waals surface area contributed by atoms with E-state index in [9.17, 15) is 4.79 Å². The van der Waals surface area contributed by atoms with Crippen molar-refractivity contribution in [3.05, 3.63) is 0 Å². The van der Waals surface area contributed by atoms with E-state index in [2.05, 4.69) is 21.7 Å². The van der Waals surface area contributed by atoms with Crippen molar-refractivity contribution in [3.8, 4) is 0 Å². The number of nitrogens with two attached hydrogens (primary N) is 1. The van der Waals surface area contributed by atoms with Crippen molar-refractivity contribution in [2.75, 3.05) is 47.3 Å². The predicted molar refractivity (Wildman–Crippen MR) is 88.3 cm³/mol. The minimum atomic E-state index is -0.699. The summed E-state index contributed by atoms with van der Waals surface area (Å²) in [7, 11) is 6.24. The van der Waals surface area contributed by atoms with Crippen LogP contribution >= 0.6 is 0 Å². The molecule has 0 spiro atoms. The lowest BCUT2D eigenvalue weighted by molar-refractivity contribution is -0.141. The lowest BCUT2D eigenvalue weighted by Crippen LogP contribution is -2.59. The maximum Gasteiger partial charge on any atom is 0.242 e. The largest absolute Gasteiger partial charge is 0.337 e. The Morgan fingerprint density at radius 3 is 2.14 bits per heavy atom. The first-order valence-electron chi connectivity index (χ1n) is 8.27. The summed E-state index contributed by atoms with van der Waals surface area (Å²) in [5.41, 5.74) is 5.67. The van der Waals surface area contributed by atoms with Crippen LogP contribution in [0.2, 0.25) is 0 Å². The molecule has 1 rings (SSSR count). The molecule has 1 amide bonds. The number of likely N-dealkylation sites (tertiary alicyclic amines) is 1. The highest BCUT2D eigenvalue weighted by molar-refractivity contribution is 5.86. The molecule has 124 valence electrons. The molecule has 0 aliphatic carbocycles. The summed E-state index contributed by atoms with van der Waals surface area (Å²) < 4.78 is 0. The van der Waals surface area contributed by atoms with E-state index in [1.165, 1.54) is 0 Å². The van der Waals surface area contributed by atoms with Gasteiger partial charge in [0.15, 0.2) is 0 Å². The molecule has 0 aromatic heterocycles. The van der Waals surface area contributed by atoms with Crippen LogP contribution in [0.25, 0.3) is 0 Å². The van der Waals surface area contributed by atoms with Crippen LogP contribution in [-0.2, 0) is 4.79 Å². The van der Waals surface area contributed by atoms with Crippen molar-refractivity contribution in [3.63, 3.8) is 0 Å². The maximum atomic E-state index is 13.0. The van der Waals surface area contributed by atoms with E-state index in [0.29, 0.717) is 18.9 Å². The van der Waals surface area contributed by atoms with Crippen LogP contribution in [0.15, 0.2) is 0 Å². The van der Waals surface area contributed by atoms with Crippen LogP contribution in [-0.4, -0.2) is 79.5 Å². The van der Waals surface area contributed by atoms with Crippen LogP contribution in [0.4, 0.5) is 0 Å². The molecular weight excluding hydrogens is 264 g/mol. The Morgan fingerprint density at radius 1 is 1.19 bits per heavy atom. The number of hydrogen-bond donors (Lipinski definition) is 1. The van der Waals surface area contributed by atoms with Crippen LogP contribution in [0, 0.1) is 0 Å². The Hall–Kier alpha value is -0.650. The van der Waals surface area contributed by atoms with Gasteiger partial charge in [-0.1, -0.05) is 13.8 Å². The third-order valence-electron chi connectivity index (χ3n) is 4.87. The van der Waals surface area contributed by atoms with Gasteiger partial charge in [0.25, 0.3) is 0 Å². The van der Waals surface area contributed by atoms with Gasteiger partial charge in [-0.05, 0) is 59.9 Å². The first-order valence-corrected chi connectivity index (χ1v) is 8.27. The predicted octanol–water partition coefficient (Wildman–Crippen LogP) is 0.988. The van der Waals surface area contributed by atoms with E-state index in [1.54, 1.807) is 0 Å². The molecule has 0 radical (unpaired) electrons. The number of piperidine rings is 1. The van der Waals surface area contributed by atoms with E-state index < -0.39 is 5.54 Å². The summed E-state index contributed by atoms with van der Waals surface area (Å²) in [6.07, 6.45) is 3.51. The van der Waals surface area contributed by atoms with Gasteiger partial charge in [-0.15, -0.1) is 0 Å². The molecule has 2 N–H and O–H groups in total. The van der Waals surface area contributed by atoms with Gasteiger partial charge >= 0.3 is 0 Å². The normalized spacial score (nSPS) is 18.2. The van der Waals surface area contributed by atoms with Gasteiger partial charge < -0.3 is 20.4 Å². The number of carbonyl (C=O) groups excluding carboxylic acids is 1. The topological polar surface area (TPSA) is 52.8 Å². The highest BCUT2D eigenvalue weighted by atomic mass is 16.2. The first kappa shape index (κ1) is 18.4. The summed E-state index contributed by atoms with van der Waals surface area (Å²) in [5.74, 6) is 0.143. The number of nitrogens with zero attached hydrogens (tertiary/aromatic N) is 3. The molecular formula is C16H34N4O. The van der Waals surface area contributed by atoms with E-state index in [-0.39, 0.29) is 5.91 Å². The standard InChI is InChI=1S/C16H34N4O/c1-6-16(17,7-2)15(21)20(13-12-18(3)4)14-8-10-19(5)11-9-14/h14H,6-13,17H2,1-5H3. The van der Waals surface area contributed by atoms with Crippen molar-refractivity contribution in [2.45, 2.75) is 51.1 Å². The van der Waals surface area contributed by atoms with E-state index in [0.717, 1.165) is 39.0 Å². The molecule has 21 heavy (non-hydrogen) atoms. The van der Waals surface area contributed by atoms with Crippen LogP contribution in [0.3, 0.4) is 0 Å². The second kappa shape index (κ2) is 8.11. The Balaban J connectivity index is 2.83. The zero-order valence-corrected chi connectivity index (χ0v) is 14.6. The zero-order valence-electron chi connectivity index (χ0n) is 14.6. The van der Waals surface area contributed by atoms with Crippen LogP contribution in [0.1, 0.15) is 39.5 Å². The lowest BCUT2D eigenvalue weighted by atomic mass is 9.90. The summed E-state index contributed by atoms with van der Waals surface area (Å²) in [6.45, 7) is 7.82. The van der Waals surface area contributed by atoms with Gasteiger partial charge in [0, 0.05) is 19.1 Å². The van der Waals surface area contributed by atoms with Gasteiger partial charge in [-0.3, -0.25) is 4.79 Å². The van der Waals surface area contributed by atoms with Gasteiger partial charge in [0.2, 0.25) is 5.91 Å². The van der Waals surface area contributed by atoms with Gasteiger partial charge in [-0.25, -0.2) is 0 Å². The van der Waals surface area contributed by atoms with Gasteiger partial charge in [0.1, 0.15) is 0 Å². The Labute approximate surface area is 130 Å². The quantitative estimate of drug-likeness (QED) is 0.761. The SMILES string of the molecule is CCC(N)(CC)C(=O)N(CCN(C)C)C1CCN(C)CC1. The van der Waals surface area contributed by atoms with Crippen molar-refractivity contribution in [1.82, 2.24) is 14.7 Å². The minimum absolute atomic E-state index is 0.143. The fourth-order valence-electron chi connectivity index (χ4n) is 2.90. The average molecular weight is 298 g/mol.